The van der Waals surface area contributed by atoms with Gasteiger partial charge in [-0.3, -0.25) is 4.79 Å². The number of hydrogen-bond donors (Lipinski definition) is 1. The summed E-state index contributed by atoms with van der Waals surface area (Å²) in [5.41, 5.74) is 8.26. The first kappa shape index (κ1) is 13.1. The third kappa shape index (κ3) is 3.10. The van der Waals surface area contributed by atoms with Crippen molar-refractivity contribution in [2.24, 2.45) is 11.7 Å². The van der Waals surface area contributed by atoms with Crippen molar-refractivity contribution in [3.63, 3.8) is 0 Å². The first-order valence-electron chi connectivity index (χ1n) is 6.75. The standard InChI is InChI=1S/C15H22N2O/c1-12(10-16)6-7-15(18)17-9-8-13-4-2-3-5-14(13)11-17/h2-5,12H,6-11,16H2,1H3. The first-order valence-corrected chi connectivity index (χ1v) is 6.75. The molecule has 0 spiro atoms. The van der Waals surface area contributed by atoms with Crippen LogP contribution in [0.4, 0.5) is 0 Å². The van der Waals surface area contributed by atoms with Gasteiger partial charge in [0.15, 0.2) is 0 Å². The summed E-state index contributed by atoms with van der Waals surface area (Å²) in [6, 6.07) is 8.40. The maximum Gasteiger partial charge on any atom is 0.222 e. The molecule has 1 unspecified atom stereocenters. The van der Waals surface area contributed by atoms with Crippen molar-refractivity contribution in [3.8, 4) is 0 Å². The summed E-state index contributed by atoms with van der Waals surface area (Å²) in [6.07, 6.45) is 2.50. The SMILES string of the molecule is CC(CN)CCC(=O)N1CCc2ccccc2C1. The van der Waals surface area contributed by atoms with Gasteiger partial charge in [-0.25, -0.2) is 0 Å². The van der Waals surface area contributed by atoms with Crippen LogP contribution in [-0.4, -0.2) is 23.9 Å². The lowest BCUT2D eigenvalue weighted by atomic mass is 9.99. The van der Waals surface area contributed by atoms with Crippen LogP contribution in [-0.2, 0) is 17.8 Å². The Morgan fingerprint density at radius 2 is 2.11 bits per heavy atom. The highest BCUT2D eigenvalue weighted by Gasteiger charge is 2.20. The van der Waals surface area contributed by atoms with E-state index in [4.69, 9.17) is 5.73 Å². The Hall–Kier alpha value is -1.35. The van der Waals surface area contributed by atoms with Gasteiger partial charge in [0.25, 0.3) is 0 Å². The topological polar surface area (TPSA) is 46.3 Å². The molecule has 2 rings (SSSR count). The average Bonchev–Trinajstić information content (AvgIpc) is 2.43. The second-order valence-electron chi connectivity index (χ2n) is 5.21. The lowest BCUT2D eigenvalue weighted by Gasteiger charge is -2.29. The second-order valence-corrected chi connectivity index (χ2v) is 5.21. The molecule has 1 aromatic rings. The molecule has 0 fully saturated rings. The van der Waals surface area contributed by atoms with Gasteiger partial charge in [-0.15, -0.1) is 0 Å². The van der Waals surface area contributed by atoms with Crippen LogP contribution in [0.5, 0.6) is 0 Å². The summed E-state index contributed by atoms with van der Waals surface area (Å²) in [6.45, 7) is 4.38. The number of hydrogen-bond acceptors (Lipinski definition) is 2. The number of carbonyl (C=O) groups is 1. The van der Waals surface area contributed by atoms with Crippen LogP contribution in [0.1, 0.15) is 30.9 Å². The molecule has 0 bridgehead atoms. The summed E-state index contributed by atoms with van der Waals surface area (Å²) in [5, 5.41) is 0. The number of rotatable bonds is 4. The van der Waals surface area contributed by atoms with Gasteiger partial charge in [0.2, 0.25) is 5.91 Å². The Morgan fingerprint density at radius 1 is 1.39 bits per heavy atom. The minimum absolute atomic E-state index is 0.268. The van der Waals surface area contributed by atoms with Crippen molar-refractivity contribution in [3.05, 3.63) is 35.4 Å². The molecule has 0 aromatic heterocycles. The number of nitrogens with two attached hydrogens (primary N) is 1. The lowest BCUT2D eigenvalue weighted by Crippen LogP contribution is -2.36. The monoisotopic (exact) mass is 246 g/mol. The minimum atomic E-state index is 0.268. The molecular weight excluding hydrogens is 224 g/mol. The van der Waals surface area contributed by atoms with Crippen molar-refractivity contribution >= 4 is 5.91 Å². The molecule has 3 heteroatoms. The van der Waals surface area contributed by atoms with Crippen LogP contribution in [0.25, 0.3) is 0 Å². The van der Waals surface area contributed by atoms with Gasteiger partial charge >= 0.3 is 0 Å². The Kier molecular flexibility index (Phi) is 4.37. The molecule has 18 heavy (non-hydrogen) atoms. The molecule has 1 heterocycles. The fourth-order valence-electron chi connectivity index (χ4n) is 2.35. The Morgan fingerprint density at radius 3 is 2.83 bits per heavy atom. The summed E-state index contributed by atoms with van der Waals surface area (Å²) < 4.78 is 0. The van der Waals surface area contributed by atoms with Crippen molar-refractivity contribution in [1.29, 1.82) is 0 Å². The van der Waals surface area contributed by atoms with Crippen LogP contribution >= 0.6 is 0 Å². The number of carbonyl (C=O) groups excluding carboxylic acids is 1. The van der Waals surface area contributed by atoms with E-state index in [0.29, 0.717) is 18.9 Å². The fourth-order valence-corrected chi connectivity index (χ4v) is 2.35. The molecule has 3 nitrogen and oxygen atoms in total. The highest BCUT2D eigenvalue weighted by atomic mass is 16.2. The van der Waals surface area contributed by atoms with Crippen LogP contribution < -0.4 is 5.73 Å². The quantitative estimate of drug-likeness (QED) is 0.882. The van der Waals surface area contributed by atoms with Crippen LogP contribution in [0.2, 0.25) is 0 Å². The van der Waals surface area contributed by atoms with Crippen molar-refractivity contribution < 1.29 is 4.79 Å². The number of benzene rings is 1. The zero-order valence-corrected chi connectivity index (χ0v) is 11.1. The second kappa shape index (κ2) is 6.01. The summed E-state index contributed by atoms with van der Waals surface area (Å²) in [4.78, 5) is 14.1. The third-order valence-electron chi connectivity index (χ3n) is 3.74. The van der Waals surface area contributed by atoms with E-state index < -0.39 is 0 Å². The smallest absolute Gasteiger partial charge is 0.222 e. The molecule has 2 N–H and O–H groups in total. The number of fused-ring (bicyclic) bond motifs is 1. The predicted octanol–water partition coefficient (Wildman–Crippen LogP) is 1.95. The third-order valence-corrected chi connectivity index (χ3v) is 3.74. The van der Waals surface area contributed by atoms with Crippen molar-refractivity contribution in [2.75, 3.05) is 13.1 Å². The Bertz CT molecular complexity index is 417. The van der Waals surface area contributed by atoms with E-state index in [1.165, 1.54) is 11.1 Å². The van der Waals surface area contributed by atoms with Crippen LogP contribution in [0, 0.1) is 5.92 Å². The normalized spacial score (nSPS) is 16.2. The van der Waals surface area contributed by atoms with Gasteiger partial charge < -0.3 is 10.6 Å². The lowest BCUT2D eigenvalue weighted by molar-refractivity contribution is -0.132. The van der Waals surface area contributed by atoms with E-state index >= 15 is 0 Å². The highest BCUT2D eigenvalue weighted by Crippen LogP contribution is 2.19. The molecule has 1 aliphatic heterocycles. The van der Waals surface area contributed by atoms with Gasteiger partial charge in [-0.1, -0.05) is 31.2 Å². The zero-order chi connectivity index (χ0) is 13.0. The van der Waals surface area contributed by atoms with Crippen LogP contribution in [0.15, 0.2) is 24.3 Å². The van der Waals surface area contributed by atoms with Gasteiger partial charge in [0.1, 0.15) is 0 Å². The molecule has 1 aliphatic rings. The van der Waals surface area contributed by atoms with Crippen LogP contribution in [0.3, 0.4) is 0 Å². The van der Waals surface area contributed by atoms with E-state index in [-0.39, 0.29) is 5.91 Å². The number of amides is 1. The maximum atomic E-state index is 12.1. The molecule has 0 radical (unpaired) electrons. The molecular formula is C15H22N2O. The van der Waals surface area contributed by atoms with Crippen molar-refractivity contribution in [2.45, 2.75) is 32.7 Å². The van der Waals surface area contributed by atoms with E-state index in [1.54, 1.807) is 0 Å². The molecule has 0 aliphatic carbocycles. The van der Waals surface area contributed by atoms with E-state index in [9.17, 15) is 4.79 Å². The summed E-state index contributed by atoms with van der Waals surface area (Å²) >= 11 is 0. The maximum absolute atomic E-state index is 12.1. The molecule has 1 atom stereocenters. The summed E-state index contributed by atoms with van der Waals surface area (Å²) in [5.74, 6) is 0.704. The minimum Gasteiger partial charge on any atom is -0.338 e. The van der Waals surface area contributed by atoms with E-state index in [0.717, 1.165) is 25.9 Å². The molecule has 1 aromatic carbocycles. The Labute approximate surface area is 109 Å². The largest absolute Gasteiger partial charge is 0.338 e. The molecule has 1 amide bonds. The predicted molar refractivity (Wildman–Crippen MR) is 73.0 cm³/mol. The van der Waals surface area contributed by atoms with Gasteiger partial charge in [0.05, 0.1) is 0 Å². The zero-order valence-electron chi connectivity index (χ0n) is 11.1. The average molecular weight is 246 g/mol. The van der Waals surface area contributed by atoms with Gasteiger partial charge in [-0.2, -0.15) is 0 Å². The summed E-state index contributed by atoms with van der Waals surface area (Å²) in [7, 11) is 0. The van der Waals surface area contributed by atoms with Gasteiger partial charge in [-0.05, 0) is 36.4 Å². The number of nitrogens with zero attached hydrogens (tertiary/aromatic N) is 1. The first-order chi connectivity index (χ1) is 8.70. The van der Waals surface area contributed by atoms with E-state index in [2.05, 4.69) is 25.1 Å². The highest BCUT2D eigenvalue weighted by molar-refractivity contribution is 5.76. The fraction of sp³-hybridized carbons (Fsp3) is 0.533. The van der Waals surface area contributed by atoms with Gasteiger partial charge in [0, 0.05) is 19.5 Å². The van der Waals surface area contributed by atoms with Crippen molar-refractivity contribution in [1.82, 2.24) is 4.90 Å². The van der Waals surface area contributed by atoms with E-state index in [1.807, 2.05) is 11.0 Å². The Balaban J connectivity index is 1.90. The molecule has 0 saturated carbocycles. The molecule has 0 saturated heterocycles. The molecule has 98 valence electrons.